The number of carbonyl (C=O) groups excluding carboxylic acids is 1. The van der Waals surface area contributed by atoms with Crippen molar-refractivity contribution in [2.75, 3.05) is 13.7 Å². The lowest BCUT2D eigenvalue weighted by molar-refractivity contribution is -0.129. The Balaban J connectivity index is 1.37. The number of halogens is 1. The van der Waals surface area contributed by atoms with Crippen molar-refractivity contribution in [1.82, 2.24) is 24.3 Å². The topological polar surface area (TPSA) is 73.9 Å². The van der Waals surface area contributed by atoms with E-state index in [9.17, 15) is 4.79 Å². The molecule has 0 N–H and O–H groups in total. The van der Waals surface area contributed by atoms with Gasteiger partial charge in [-0.05, 0) is 74.3 Å². The van der Waals surface area contributed by atoms with Crippen LogP contribution in [0.25, 0.3) is 16.6 Å². The molecule has 3 aromatic heterocycles. The minimum atomic E-state index is -0.176. The van der Waals surface area contributed by atoms with Crippen LogP contribution in [0.1, 0.15) is 52.6 Å². The smallest absolute Gasteiger partial charge is 0.223 e. The van der Waals surface area contributed by atoms with Gasteiger partial charge in [0.2, 0.25) is 5.91 Å². The van der Waals surface area contributed by atoms with E-state index in [1.807, 2.05) is 69.9 Å². The highest BCUT2D eigenvalue weighted by atomic mass is 79.9. The summed E-state index contributed by atoms with van der Waals surface area (Å²) in [6, 6.07) is 9.92. The van der Waals surface area contributed by atoms with Gasteiger partial charge in [0.25, 0.3) is 0 Å². The average molecular weight is 581 g/mol. The minimum absolute atomic E-state index is 0.0241. The maximum Gasteiger partial charge on any atom is 0.223 e. The van der Waals surface area contributed by atoms with E-state index in [0.717, 1.165) is 38.2 Å². The molecule has 1 amide bonds. The summed E-state index contributed by atoms with van der Waals surface area (Å²) in [6.45, 7) is 11.1. The van der Waals surface area contributed by atoms with E-state index in [4.69, 9.17) is 9.47 Å². The molecule has 0 bridgehead atoms. The van der Waals surface area contributed by atoms with Crippen LogP contribution < -0.4 is 9.47 Å². The van der Waals surface area contributed by atoms with Gasteiger partial charge in [0.05, 0.1) is 35.6 Å². The van der Waals surface area contributed by atoms with Gasteiger partial charge in [-0.3, -0.25) is 9.48 Å². The molecular weight excluding hydrogens is 546 g/mol. The average Bonchev–Trinajstić information content (AvgIpc) is 3.62. The molecule has 4 heterocycles. The van der Waals surface area contributed by atoms with Crippen molar-refractivity contribution in [1.29, 1.82) is 0 Å². The molecule has 1 saturated heterocycles. The zero-order chi connectivity index (χ0) is 27.2. The van der Waals surface area contributed by atoms with Crippen LogP contribution in [-0.2, 0) is 10.3 Å². The second-order valence-corrected chi connectivity index (χ2v) is 11.9. The number of ether oxygens (including phenoxy) is 2. The molecule has 200 valence electrons. The summed E-state index contributed by atoms with van der Waals surface area (Å²) < 4.78 is 16.5. The number of fused-ring (bicyclic) bond motifs is 1. The molecular formula is C29H34BrN5O3. The van der Waals surface area contributed by atoms with Gasteiger partial charge in [0.1, 0.15) is 23.1 Å². The summed E-state index contributed by atoms with van der Waals surface area (Å²) in [5.41, 5.74) is 3.78. The van der Waals surface area contributed by atoms with Crippen molar-refractivity contribution in [3.63, 3.8) is 0 Å². The molecule has 1 aromatic carbocycles. The number of pyridine rings is 1. The van der Waals surface area contributed by atoms with E-state index < -0.39 is 0 Å². The lowest BCUT2D eigenvalue weighted by Gasteiger charge is -2.27. The monoisotopic (exact) mass is 579 g/mol. The first kappa shape index (κ1) is 26.3. The van der Waals surface area contributed by atoms with E-state index in [-0.39, 0.29) is 29.5 Å². The first-order chi connectivity index (χ1) is 18.0. The van der Waals surface area contributed by atoms with Crippen molar-refractivity contribution in [2.45, 2.75) is 58.7 Å². The van der Waals surface area contributed by atoms with Gasteiger partial charge in [-0.15, -0.1) is 0 Å². The van der Waals surface area contributed by atoms with Crippen LogP contribution in [0.15, 0.2) is 59.6 Å². The molecule has 1 aliphatic rings. The summed E-state index contributed by atoms with van der Waals surface area (Å²) in [4.78, 5) is 15.0. The molecule has 8 nitrogen and oxygen atoms in total. The van der Waals surface area contributed by atoms with Crippen LogP contribution >= 0.6 is 15.9 Å². The van der Waals surface area contributed by atoms with Crippen molar-refractivity contribution < 1.29 is 14.3 Å². The first-order valence-electron chi connectivity index (χ1n) is 12.9. The van der Waals surface area contributed by atoms with E-state index in [0.29, 0.717) is 13.0 Å². The van der Waals surface area contributed by atoms with Crippen LogP contribution in [0, 0.1) is 5.92 Å². The highest BCUT2D eigenvalue weighted by molar-refractivity contribution is 9.10. The Bertz CT molecular complexity index is 1450. The lowest BCUT2D eigenvalue weighted by Crippen LogP contribution is -2.31. The zero-order valence-electron chi connectivity index (χ0n) is 22.7. The van der Waals surface area contributed by atoms with Crippen molar-refractivity contribution in [3.05, 3.63) is 65.2 Å². The number of hydrogen-bond acceptors (Lipinski definition) is 5. The van der Waals surface area contributed by atoms with Crippen molar-refractivity contribution in [3.8, 4) is 22.6 Å². The molecule has 38 heavy (non-hydrogen) atoms. The van der Waals surface area contributed by atoms with Crippen molar-refractivity contribution >= 4 is 27.4 Å². The summed E-state index contributed by atoms with van der Waals surface area (Å²) in [6.07, 6.45) is 7.94. The van der Waals surface area contributed by atoms with Crippen molar-refractivity contribution in [2.24, 2.45) is 5.92 Å². The standard InChI is InChI=1S/C29H34BrN5O3/c1-18(20-7-9-24(37-6)10-8-20)33-15-21(12-27(33)36)19(2)38-26-11-22(16-34-28(26)25(30)14-31-34)23-13-32-35(17-23)29(3,4)5/h7-11,13-14,16-19,21H,12,15H2,1-6H3. The van der Waals surface area contributed by atoms with Gasteiger partial charge < -0.3 is 14.4 Å². The third-order valence-corrected chi connectivity index (χ3v) is 7.95. The molecule has 0 spiro atoms. The van der Waals surface area contributed by atoms with E-state index in [1.165, 1.54) is 0 Å². The largest absolute Gasteiger partial charge is 0.497 e. The lowest BCUT2D eigenvalue weighted by atomic mass is 10.0. The summed E-state index contributed by atoms with van der Waals surface area (Å²) in [5, 5.41) is 9.07. The second kappa shape index (κ2) is 10.1. The third kappa shape index (κ3) is 5.04. The van der Waals surface area contributed by atoms with E-state index in [1.54, 1.807) is 13.3 Å². The van der Waals surface area contributed by atoms with Crippen LogP contribution in [0.5, 0.6) is 11.5 Å². The SMILES string of the molecule is COc1ccc(C(C)N2CC(C(C)Oc3cc(-c4cnn(C(C)(C)C)c4)cn4ncc(Br)c34)CC2=O)cc1. The Labute approximate surface area is 231 Å². The quantitative estimate of drug-likeness (QED) is 0.264. The fourth-order valence-electron chi connectivity index (χ4n) is 4.94. The molecule has 0 aliphatic carbocycles. The molecule has 1 aliphatic heterocycles. The predicted molar refractivity (Wildman–Crippen MR) is 150 cm³/mol. The third-order valence-electron chi connectivity index (χ3n) is 7.37. The van der Waals surface area contributed by atoms with Crippen LogP contribution in [0.2, 0.25) is 0 Å². The van der Waals surface area contributed by atoms with Gasteiger partial charge >= 0.3 is 0 Å². The van der Waals surface area contributed by atoms with Crippen LogP contribution in [-0.4, -0.2) is 50.0 Å². The highest BCUT2D eigenvalue weighted by Gasteiger charge is 2.37. The number of rotatable bonds is 7. The number of methoxy groups -OCH3 is 1. The molecule has 9 heteroatoms. The molecule has 3 atom stereocenters. The van der Waals surface area contributed by atoms with E-state index in [2.05, 4.69) is 53.8 Å². The molecule has 3 unspecified atom stereocenters. The number of nitrogens with zero attached hydrogens (tertiary/aromatic N) is 5. The Morgan fingerprint density at radius 1 is 1.05 bits per heavy atom. The summed E-state index contributed by atoms with van der Waals surface area (Å²) >= 11 is 3.63. The van der Waals surface area contributed by atoms with Crippen LogP contribution in [0.4, 0.5) is 0 Å². The van der Waals surface area contributed by atoms with Gasteiger partial charge in [0, 0.05) is 42.4 Å². The molecule has 1 fully saturated rings. The van der Waals surface area contributed by atoms with Gasteiger partial charge in [0.15, 0.2) is 0 Å². The van der Waals surface area contributed by atoms with Gasteiger partial charge in [-0.1, -0.05) is 12.1 Å². The van der Waals surface area contributed by atoms with Gasteiger partial charge in [-0.25, -0.2) is 4.52 Å². The zero-order valence-corrected chi connectivity index (χ0v) is 24.3. The minimum Gasteiger partial charge on any atom is -0.497 e. The maximum atomic E-state index is 13.0. The Morgan fingerprint density at radius 2 is 1.79 bits per heavy atom. The van der Waals surface area contributed by atoms with Crippen LogP contribution in [0.3, 0.4) is 0 Å². The Hall–Kier alpha value is -3.33. The Kier molecular flexibility index (Phi) is 6.98. The number of carbonyl (C=O) groups is 1. The number of likely N-dealkylation sites (tertiary alicyclic amines) is 1. The number of benzene rings is 1. The number of amides is 1. The summed E-state index contributed by atoms with van der Waals surface area (Å²) in [7, 11) is 1.65. The van der Waals surface area contributed by atoms with Gasteiger partial charge in [-0.2, -0.15) is 10.2 Å². The number of aromatic nitrogens is 4. The normalized spacial score (nSPS) is 17.7. The maximum absolute atomic E-state index is 13.0. The second-order valence-electron chi connectivity index (χ2n) is 11.0. The fourth-order valence-corrected chi connectivity index (χ4v) is 5.41. The molecule has 5 rings (SSSR count). The predicted octanol–water partition coefficient (Wildman–Crippen LogP) is 6.10. The summed E-state index contributed by atoms with van der Waals surface area (Å²) in [5.74, 6) is 1.74. The molecule has 4 aromatic rings. The Morgan fingerprint density at radius 3 is 2.45 bits per heavy atom. The molecule has 0 saturated carbocycles. The first-order valence-corrected chi connectivity index (χ1v) is 13.7. The van der Waals surface area contributed by atoms with E-state index >= 15 is 0 Å². The fraction of sp³-hybridized carbons (Fsp3) is 0.414. The molecule has 0 radical (unpaired) electrons. The highest BCUT2D eigenvalue weighted by Crippen LogP contribution is 2.36. The number of hydrogen-bond donors (Lipinski definition) is 0.